The topological polar surface area (TPSA) is 49.3 Å². The van der Waals surface area contributed by atoms with Gasteiger partial charge in [0.1, 0.15) is 4.34 Å². The highest BCUT2D eigenvalue weighted by molar-refractivity contribution is 14.0. The molecule has 24 heavy (non-hydrogen) atoms. The minimum Gasteiger partial charge on any atom is -0.357 e. The van der Waals surface area contributed by atoms with Crippen LogP contribution < -0.4 is 10.6 Å². The van der Waals surface area contributed by atoms with Gasteiger partial charge in [0, 0.05) is 42.9 Å². The molecule has 0 radical (unpaired) electrons. The molecule has 2 N–H and O–H groups in total. The quantitative estimate of drug-likeness (QED) is 0.174. The van der Waals surface area contributed by atoms with Crippen molar-refractivity contribution in [3.8, 4) is 0 Å². The Kier molecular flexibility index (Phi) is 11.7. The molecule has 1 unspecified atom stereocenters. The first-order chi connectivity index (χ1) is 11.3. The van der Waals surface area contributed by atoms with Gasteiger partial charge in [-0.05, 0) is 35.7 Å². The lowest BCUT2D eigenvalue weighted by molar-refractivity contribution is 0.745. The highest BCUT2D eigenvalue weighted by atomic mass is 127. The lowest BCUT2D eigenvalue weighted by Crippen LogP contribution is -2.38. The average Bonchev–Trinajstić information content (AvgIpc) is 3.25. The fourth-order valence-corrected chi connectivity index (χ4v) is 4.38. The summed E-state index contributed by atoms with van der Waals surface area (Å²) < 4.78 is 1.15. The monoisotopic (exact) mass is 496 g/mol. The number of nitrogens with one attached hydrogen (secondary N) is 2. The van der Waals surface area contributed by atoms with Crippen LogP contribution in [0.25, 0.3) is 0 Å². The summed E-state index contributed by atoms with van der Waals surface area (Å²) in [6, 6.07) is 2.18. The molecular formula is C16H25IN4S3. The van der Waals surface area contributed by atoms with Crippen molar-refractivity contribution in [2.45, 2.75) is 30.5 Å². The Morgan fingerprint density at radius 2 is 2.25 bits per heavy atom. The van der Waals surface area contributed by atoms with Crippen LogP contribution in [0.3, 0.4) is 0 Å². The van der Waals surface area contributed by atoms with Crippen LogP contribution in [0.4, 0.5) is 0 Å². The van der Waals surface area contributed by atoms with E-state index in [1.807, 2.05) is 23.3 Å². The predicted molar refractivity (Wildman–Crippen MR) is 120 cm³/mol. The first-order valence-electron chi connectivity index (χ1n) is 7.86. The maximum atomic E-state index is 4.70. The van der Waals surface area contributed by atoms with Gasteiger partial charge in [-0.1, -0.05) is 18.7 Å². The van der Waals surface area contributed by atoms with Crippen LogP contribution in [-0.4, -0.2) is 36.3 Å². The smallest absolute Gasteiger partial charge is 0.191 e. The number of rotatable bonds is 9. The summed E-state index contributed by atoms with van der Waals surface area (Å²) in [5, 5.41) is 13.1. The molecule has 0 saturated heterocycles. The number of thiophene rings is 1. The van der Waals surface area contributed by atoms with E-state index >= 15 is 0 Å². The Morgan fingerprint density at radius 3 is 2.92 bits per heavy atom. The third kappa shape index (κ3) is 8.17. The molecule has 2 aromatic rings. The van der Waals surface area contributed by atoms with Gasteiger partial charge in [-0.15, -0.1) is 35.3 Å². The molecule has 0 amide bonds. The summed E-state index contributed by atoms with van der Waals surface area (Å²) in [5.41, 5.74) is 1.37. The van der Waals surface area contributed by atoms with Gasteiger partial charge >= 0.3 is 0 Å². The fraction of sp³-hybridized carbons (Fsp3) is 0.500. The molecule has 0 bridgehead atoms. The molecule has 1 atom stereocenters. The zero-order valence-electron chi connectivity index (χ0n) is 14.0. The molecule has 0 fully saturated rings. The van der Waals surface area contributed by atoms with Gasteiger partial charge in [0.05, 0.1) is 0 Å². The van der Waals surface area contributed by atoms with Gasteiger partial charge in [0.15, 0.2) is 5.96 Å². The van der Waals surface area contributed by atoms with Crippen molar-refractivity contribution in [3.63, 3.8) is 0 Å². The fourth-order valence-electron chi connectivity index (χ4n) is 1.95. The number of halogens is 1. The maximum absolute atomic E-state index is 4.70. The molecule has 2 heterocycles. The Labute approximate surface area is 174 Å². The van der Waals surface area contributed by atoms with Gasteiger partial charge in [0.2, 0.25) is 0 Å². The van der Waals surface area contributed by atoms with E-state index in [-0.39, 0.29) is 24.0 Å². The van der Waals surface area contributed by atoms with Gasteiger partial charge in [-0.3, -0.25) is 4.99 Å². The zero-order chi connectivity index (χ0) is 16.3. The van der Waals surface area contributed by atoms with E-state index in [2.05, 4.69) is 46.3 Å². The third-order valence-electron chi connectivity index (χ3n) is 3.23. The Bertz CT molecular complexity index is 558. The van der Waals surface area contributed by atoms with Gasteiger partial charge in [0.25, 0.3) is 0 Å². The number of thioether (sulfide) groups is 1. The van der Waals surface area contributed by atoms with Gasteiger partial charge in [-0.25, -0.2) is 4.98 Å². The predicted octanol–water partition coefficient (Wildman–Crippen LogP) is 4.66. The molecule has 0 aliphatic rings. The normalized spacial score (nSPS) is 12.5. The van der Waals surface area contributed by atoms with Crippen LogP contribution in [0.1, 0.15) is 31.7 Å². The molecule has 0 aliphatic heterocycles. The van der Waals surface area contributed by atoms with Crippen LogP contribution in [0, 0.1) is 0 Å². The van der Waals surface area contributed by atoms with E-state index in [1.54, 1.807) is 22.7 Å². The van der Waals surface area contributed by atoms with Crippen LogP contribution in [0.15, 0.2) is 37.7 Å². The van der Waals surface area contributed by atoms with E-state index in [0.29, 0.717) is 5.92 Å². The lowest BCUT2D eigenvalue weighted by atomic mass is 10.1. The van der Waals surface area contributed by atoms with Crippen molar-refractivity contribution >= 4 is 64.4 Å². The first kappa shape index (κ1) is 21.7. The minimum absolute atomic E-state index is 0. The number of aliphatic imine (C=N–C) groups is 1. The summed E-state index contributed by atoms with van der Waals surface area (Å²) in [5.74, 6) is 2.44. The Balaban J connectivity index is 0.00000288. The van der Waals surface area contributed by atoms with E-state index in [4.69, 9.17) is 4.99 Å². The molecule has 0 aliphatic carbocycles. The molecule has 0 spiro atoms. The van der Waals surface area contributed by atoms with Crippen molar-refractivity contribution in [2.75, 3.05) is 25.4 Å². The summed E-state index contributed by atoms with van der Waals surface area (Å²) in [6.07, 6.45) is 2.95. The second kappa shape index (κ2) is 13.0. The number of hydrogen-bond donors (Lipinski definition) is 2. The summed E-state index contributed by atoms with van der Waals surface area (Å²) in [6.45, 7) is 6.93. The lowest BCUT2D eigenvalue weighted by Gasteiger charge is -2.13. The molecule has 8 heteroatoms. The average molecular weight is 497 g/mol. The highest BCUT2D eigenvalue weighted by Gasteiger charge is 2.06. The van der Waals surface area contributed by atoms with Gasteiger partial charge in [-0.2, -0.15) is 11.3 Å². The van der Waals surface area contributed by atoms with Crippen LogP contribution >= 0.6 is 58.4 Å². The van der Waals surface area contributed by atoms with Crippen LogP contribution in [-0.2, 0) is 0 Å². The van der Waals surface area contributed by atoms with Crippen molar-refractivity contribution in [3.05, 3.63) is 34.0 Å². The number of aromatic nitrogens is 1. The summed E-state index contributed by atoms with van der Waals surface area (Å²) >= 11 is 5.26. The molecular weight excluding hydrogens is 471 g/mol. The Morgan fingerprint density at radius 1 is 1.38 bits per heavy atom. The minimum atomic E-state index is 0. The SMILES string of the molecule is CCNC(=NCC(C)c1ccsc1)NCCCSc1nccs1.I. The number of guanidine groups is 1. The highest BCUT2D eigenvalue weighted by Crippen LogP contribution is 2.20. The van der Waals surface area contributed by atoms with Crippen molar-refractivity contribution in [1.82, 2.24) is 15.6 Å². The van der Waals surface area contributed by atoms with E-state index in [1.165, 1.54) is 5.56 Å². The van der Waals surface area contributed by atoms with E-state index < -0.39 is 0 Å². The summed E-state index contributed by atoms with van der Waals surface area (Å²) in [4.78, 5) is 8.98. The van der Waals surface area contributed by atoms with E-state index in [0.717, 1.165) is 42.1 Å². The zero-order valence-corrected chi connectivity index (χ0v) is 18.8. The molecule has 2 aromatic heterocycles. The second-order valence-corrected chi connectivity index (χ2v) is 8.12. The largest absolute Gasteiger partial charge is 0.357 e. The number of thiazole rings is 1. The summed E-state index contributed by atoms with van der Waals surface area (Å²) in [7, 11) is 0. The standard InChI is InChI=1S/C16H24N4S3.HI/c1-3-17-15(20-11-13(2)14-5-9-21-12-14)18-6-4-8-22-16-19-7-10-23-16;/h5,7,9-10,12-13H,3-4,6,8,11H2,1-2H3,(H2,17,18,20);1H. The van der Waals surface area contributed by atoms with Gasteiger partial charge < -0.3 is 10.6 Å². The third-order valence-corrected chi connectivity index (χ3v) is 5.98. The molecule has 4 nitrogen and oxygen atoms in total. The van der Waals surface area contributed by atoms with Crippen molar-refractivity contribution < 1.29 is 0 Å². The second-order valence-electron chi connectivity index (χ2n) is 5.10. The number of hydrogen-bond acceptors (Lipinski definition) is 5. The molecule has 0 saturated carbocycles. The first-order valence-corrected chi connectivity index (χ1v) is 10.7. The van der Waals surface area contributed by atoms with Crippen molar-refractivity contribution in [2.24, 2.45) is 4.99 Å². The van der Waals surface area contributed by atoms with Crippen LogP contribution in [0.2, 0.25) is 0 Å². The van der Waals surface area contributed by atoms with Crippen molar-refractivity contribution in [1.29, 1.82) is 0 Å². The number of nitrogens with zero attached hydrogens (tertiary/aromatic N) is 2. The molecule has 134 valence electrons. The molecule has 2 rings (SSSR count). The maximum Gasteiger partial charge on any atom is 0.191 e. The van der Waals surface area contributed by atoms with E-state index in [9.17, 15) is 0 Å². The Hall–Kier alpha value is -0.320. The van der Waals surface area contributed by atoms with Crippen LogP contribution in [0.5, 0.6) is 0 Å². The molecule has 0 aromatic carbocycles.